The number of carbonyl (C=O) groups is 1. The summed E-state index contributed by atoms with van der Waals surface area (Å²) in [5, 5.41) is 0. The molecule has 0 amide bonds. The molecule has 1 aromatic carbocycles. The number of halogens is 2. The van der Waals surface area contributed by atoms with Crippen molar-refractivity contribution < 1.29 is 23.0 Å². The first-order chi connectivity index (χ1) is 12.3. The number of hydrogen-bond donors (Lipinski definition) is 1. The fraction of sp³-hybridized carbons (Fsp3) is 0.353. The highest BCUT2D eigenvalue weighted by Crippen LogP contribution is 2.40. The van der Waals surface area contributed by atoms with E-state index in [0.717, 1.165) is 4.57 Å². The van der Waals surface area contributed by atoms with E-state index >= 15 is 0 Å². The third-order valence-corrected chi connectivity index (χ3v) is 4.07. The molecule has 2 aromatic rings. The highest BCUT2D eigenvalue weighted by Gasteiger charge is 2.51. The molecule has 9 heteroatoms. The number of esters is 1. The normalized spacial score (nSPS) is 21.5. The fourth-order valence-electron chi connectivity index (χ4n) is 2.64. The maximum absolute atomic E-state index is 14.2. The zero-order chi connectivity index (χ0) is 18.9. The minimum atomic E-state index is -3.30. The summed E-state index contributed by atoms with van der Waals surface area (Å²) >= 11 is 0. The summed E-state index contributed by atoms with van der Waals surface area (Å²) in [4.78, 5) is 37.2. The topological polar surface area (TPSA) is 90.4 Å². The lowest BCUT2D eigenvalue weighted by molar-refractivity contribution is -0.105. The van der Waals surface area contributed by atoms with Crippen LogP contribution < -0.4 is 11.2 Å². The molecule has 3 rings (SSSR count). The van der Waals surface area contributed by atoms with Crippen LogP contribution in [0.2, 0.25) is 0 Å². The lowest BCUT2D eigenvalue weighted by Crippen LogP contribution is -2.34. The van der Waals surface area contributed by atoms with Crippen LogP contribution in [-0.4, -0.2) is 34.2 Å². The summed E-state index contributed by atoms with van der Waals surface area (Å²) in [6.45, 7) is 0.787. The monoisotopic (exact) mass is 366 g/mol. The van der Waals surface area contributed by atoms with Gasteiger partial charge in [0.15, 0.2) is 6.10 Å². The molecule has 0 saturated carbocycles. The number of aromatic amines is 1. The molecule has 2 atom stereocenters. The first-order valence-electron chi connectivity index (χ1n) is 7.85. The lowest BCUT2D eigenvalue weighted by atomic mass is 10.1. The molecular weight excluding hydrogens is 350 g/mol. The summed E-state index contributed by atoms with van der Waals surface area (Å²) in [5.74, 6) is -4.05. The van der Waals surface area contributed by atoms with Gasteiger partial charge in [0.25, 0.3) is 11.5 Å². The Labute approximate surface area is 146 Å². The maximum Gasteiger partial charge on any atom is 0.338 e. The van der Waals surface area contributed by atoms with Gasteiger partial charge >= 0.3 is 11.7 Å². The molecule has 1 saturated heterocycles. The van der Waals surface area contributed by atoms with Crippen molar-refractivity contribution in [2.75, 3.05) is 6.61 Å². The number of H-pyrrole nitrogens is 1. The number of nitrogens with zero attached hydrogens (tertiary/aromatic N) is 1. The summed E-state index contributed by atoms with van der Waals surface area (Å²) in [6.07, 6.45) is -2.57. The second-order valence-corrected chi connectivity index (χ2v) is 5.99. The molecule has 2 heterocycles. The molecule has 1 fully saturated rings. The molecule has 0 unspecified atom stereocenters. The molecule has 138 valence electrons. The number of hydrogen-bond acceptors (Lipinski definition) is 5. The Morgan fingerprint density at radius 2 is 2.04 bits per heavy atom. The molecule has 1 aliphatic rings. The van der Waals surface area contributed by atoms with Gasteiger partial charge in [-0.1, -0.05) is 18.2 Å². The van der Waals surface area contributed by atoms with E-state index in [2.05, 4.69) is 0 Å². The SMILES string of the molecule is Cc1cn([C@H]2CC(F)(F)[C@H](COC(=O)c3ccccc3)O2)c(=O)[nH]c1=O. The first kappa shape index (κ1) is 18.0. The van der Waals surface area contributed by atoms with Gasteiger partial charge in [0, 0.05) is 11.8 Å². The number of carbonyl (C=O) groups excluding carboxylic acids is 1. The van der Waals surface area contributed by atoms with Crippen molar-refractivity contribution in [3.63, 3.8) is 0 Å². The molecule has 0 spiro atoms. The van der Waals surface area contributed by atoms with Gasteiger partial charge in [-0.2, -0.15) is 0 Å². The standard InChI is InChI=1S/C17H16F2N2O5/c1-10-8-21(16(24)20-14(10)22)13-7-17(18,19)12(26-13)9-25-15(23)11-5-3-2-4-6-11/h2-6,8,12-13H,7,9H2,1H3,(H,20,22,24)/t12-,13+/m0/s1. The Kier molecular flexibility index (Phi) is 4.73. The molecule has 26 heavy (non-hydrogen) atoms. The Morgan fingerprint density at radius 3 is 2.73 bits per heavy atom. The third-order valence-electron chi connectivity index (χ3n) is 4.07. The van der Waals surface area contributed by atoms with Crippen molar-refractivity contribution in [2.24, 2.45) is 0 Å². The van der Waals surface area contributed by atoms with Crippen LogP contribution in [0.4, 0.5) is 8.78 Å². The number of aryl methyl sites for hydroxylation is 1. The Hall–Kier alpha value is -2.81. The van der Waals surface area contributed by atoms with Crippen LogP contribution in [0.25, 0.3) is 0 Å². The molecule has 0 aliphatic carbocycles. The molecular formula is C17H16F2N2O5. The Morgan fingerprint density at radius 1 is 1.35 bits per heavy atom. The van der Waals surface area contributed by atoms with Crippen molar-refractivity contribution in [3.8, 4) is 0 Å². The van der Waals surface area contributed by atoms with E-state index in [1.54, 1.807) is 18.2 Å². The van der Waals surface area contributed by atoms with Crippen LogP contribution in [0.1, 0.15) is 28.6 Å². The van der Waals surface area contributed by atoms with E-state index in [1.807, 2.05) is 4.98 Å². The zero-order valence-corrected chi connectivity index (χ0v) is 13.8. The van der Waals surface area contributed by atoms with Crippen molar-refractivity contribution >= 4 is 5.97 Å². The van der Waals surface area contributed by atoms with Gasteiger partial charge in [-0.15, -0.1) is 0 Å². The molecule has 1 aliphatic heterocycles. The number of alkyl halides is 2. The van der Waals surface area contributed by atoms with Crippen LogP contribution in [0.3, 0.4) is 0 Å². The number of benzene rings is 1. The van der Waals surface area contributed by atoms with E-state index in [1.165, 1.54) is 25.3 Å². The van der Waals surface area contributed by atoms with Crippen LogP contribution in [0.5, 0.6) is 0 Å². The van der Waals surface area contributed by atoms with E-state index in [-0.39, 0.29) is 11.1 Å². The van der Waals surface area contributed by atoms with Crippen LogP contribution in [-0.2, 0) is 9.47 Å². The average Bonchev–Trinajstić information content (AvgIpc) is 2.91. The van der Waals surface area contributed by atoms with Gasteiger partial charge in [0.05, 0.1) is 12.0 Å². The molecule has 0 bridgehead atoms. The number of aromatic nitrogens is 2. The maximum atomic E-state index is 14.2. The Balaban J connectivity index is 1.72. The van der Waals surface area contributed by atoms with Crippen LogP contribution in [0.15, 0.2) is 46.1 Å². The number of rotatable bonds is 4. The van der Waals surface area contributed by atoms with Crippen molar-refractivity contribution in [1.29, 1.82) is 0 Å². The number of nitrogens with one attached hydrogen (secondary N) is 1. The first-order valence-corrected chi connectivity index (χ1v) is 7.85. The van der Waals surface area contributed by atoms with E-state index in [9.17, 15) is 23.2 Å². The second-order valence-electron chi connectivity index (χ2n) is 5.99. The summed E-state index contributed by atoms with van der Waals surface area (Å²) < 4.78 is 39.5. The number of ether oxygens (including phenoxy) is 2. The van der Waals surface area contributed by atoms with Gasteiger partial charge in [-0.3, -0.25) is 14.3 Å². The van der Waals surface area contributed by atoms with Crippen LogP contribution >= 0.6 is 0 Å². The van der Waals surface area contributed by atoms with Gasteiger partial charge < -0.3 is 9.47 Å². The predicted molar refractivity (Wildman–Crippen MR) is 86.3 cm³/mol. The van der Waals surface area contributed by atoms with Crippen molar-refractivity contribution in [2.45, 2.75) is 31.6 Å². The van der Waals surface area contributed by atoms with Crippen molar-refractivity contribution in [3.05, 3.63) is 68.5 Å². The van der Waals surface area contributed by atoms with Gasteiger partial charge in [0.2, 0.25) is 0 Å². The minimum absolute atomic E-state index is 0.190. The van der Waals surface area contributed by atoms with Crippen molar-refractivity contribution in [1.82, 2.24) is 9.55 Å². The minimum Gasteiger partial charge on any atom is -0.459 e. The summed E-state index contributed by atoms with van der Waals surface area (Å²) in [7, 11) is 0. The molecule has 7 nitrogen and oxygen atoms in total. The largest absolute Gasteiger partial charge is 0.459 e. The quantitative estimate of drug-likeness (QED) is 0.831. The highest BCUT2D eigenvalue weighted by molar-refractivity contribution is 5.89. The van der Waals surface area contributed by atoms with Gasteiger partial charge in [-0.05, 0) is 19.1 Å². The fourth-order valence-corrected chi connectivity index (χ4v) is 2.64. The predicted octanol–water partition coefficient (Wildman–Crippen LogP) is 1.62. The summed E-state index contributed by atoms with van der Waals surface area (Å²) in [6, 6.07) is 7.96. The summed E-state index contributed by atoms with van der Waals surface area (Å²) in [5.41, 5.74) is -1.01. The molecule has 1 aromatic heterocycles. The van der Waals surface area contributed by atoms with Crippen LogP contribution in [0, 0.1) is 6.92 Å². The average molecular weight is 366 g/mol. The van der Waals surface area contributed by atoms with E-state index < -0.39 is 48.5 Å². The highest BCUT2D eigenvalue weighted by atomic mass is 19.3. The van der Waals surface area contributed by atoms with E-state index in [4.69, 9.17) is 9.47 Å². The molecule has 1 N–H and O–H groups in total. The second kappa shape index (κ2) is 6.83. The smallest absolute Gasteiger partial charge is 0.338 e. The Bertz CT molecular complexity index is 923. The third kappa shape index (κ3) is 3.57. The lowest BCUT2D eigenvalue weighted by Gasteiger charge is -2.17. The van der Waals surface area contributed by atoms with E-state index in [0.29, 0.717) is 0 Å². The zero-order valence-electron chi connectivity index (χ0n) is 13.8. The van der Waals surface area contributed by atoms with Gasteiger partial charge in [-0.25, -0.2) is 18.4 Å². The van der Waals surface area contributed by atoms with Gasteiger partial charge in [0.1, 0.15) is 12.8 Å². The molecule has 0 radical (unpaired) electrons.